The van der Waals surface area contributed by atoms with Crippen LogP contribution in [0.1, 0.15) is 19.4 Å². The summed E-state index contributed by atoms with van der Waals surface area (Å²) in [6, 6.07) is 2.04. The van der Waals surface area contributed by atoms with Gasteiger partial charge < -0.3 is 14.2 Å². The van der Waals surface area contributed by atoms with Gasteiger partial charge in [0.2, 0.25) is 0 Å². The first-order valence-electron chi connectivity index (χ1n) is 4.53. The van der Waals surface area contributed by atoms with Crippen molar-refractivity contribution in [2.24, 2.45) is 0 Å². The third-order valence-corrected chi connectivity index (χ3v) is 2.51. The van der Waals surface area contributed by atoms with Crippen LogP contribution in [0.5, 0.6) is 0 Å². The molecule has 0 radical (unpaired) electrons. The van der Waals surface area contributed by atoms with Crippen LogP contribution < -0.4 is 0 Å². The summed E-state index contributed by atoms with van der Waals surface area (Å²) in [7, 11) is 1.61. The largest absolute Gasteiger partial charge is 0.356 e. The predicted molar refractivity (Wildman–Crippen MR) is 56.1 cm³/mol. The van der Waals surface area contributed by atoms with Gasteiger partial charge in [-0.15, -0.1) is 0 Å². The Hall–Kier alpha value is -0.420. The molecule has 2 atom stereocenters. The number of hydrogen-bond donors (Lipinski definition) is 0. The molecular formula is C10H16O3S. The van der Waals surface area contributed by atoms with Crippen molar-refractivity contribution in [3.05, 3.63) is 22.4 Å². The van der Waals surface area contributed by atoms with E-state index >= 15 is 0 Å². The lowest BCUT2D eigenvalue weighted by Crippen LogP contribution is -2.20. The van der Waals surface area contributed by atoms with E-state index in [-0.39, 0.29) is 12.6 Å². The molecule has 0 N–H and O–H groups in total. The summed E-state index contributed by atoms with van der Waals surface area (Å²) in [6.07, 6.45) is -0.475. The van der Waals surface area contributed by atoms with Crippen LogP contribution in [0.15, 0.2) is 16.8 Å². The van der Waals surface area contributed by atoms with E-state index in [1.165, 1.54) is 5.56 Å². The summed E-state index contributed by atoms with van der Waals surface area (Å²) in [5.41, 5.74) is 1.18. The zero-order chi connectivity index (χ0) is 10.4. The number of thiophene rings is 1. The number of ether oxygens (including phenoxy) is 3. The normalized spacial score (nSPS) is 15.4. The third-order valence-electron chi connectivity index (χ3n) is 1.78. The van der Waals surface area contributed by atoms with Gasteiger partial charge in [-0.1, -0.05) is 0 Å². The van der Waals surface area contributed by atoms with Crippen LogP contribution in [0, 0.1) is 0 Å². The van der Waals surface area contributed by atoms with E-state index in [1.54, 1.807) is 18.4 Å². The molecular weight excluding hydrogens is 200 g/mol. The van der Waals surface area contributed by atoms with Gasteiger partial charge in [0.15, 0.2) is 12.6 Å². The van der Waals surface area contributed by atoms with E-state index in [4.69, 9.17) is 14.2 Å². The Morgan fingerprint density at radius 2 is 2.14 bits per heavy atom. The van der Waals surface area contributed by atoms with E-state index in [0.29, 0.717) is 6.61 Å². The van der Waals surface area contributed by atoms with Crippen molar-refractivity contribution < 1.29 is 14.2 Å². The van der Waals surface area contributed by atoms with Gasteiger partial charge in [0, 0.05) is 7.11 Å². The Kier molecular flexibility index (Phi) is 5.11. The minimum Gasteiger partial charge on any atom is -0.356 e. The van der Waals surface area contributed by atoms with Crippen molar-refractivity contribution in [1.82, 2.24) is 0 Å². The van der Waals surface area contributed by atoms with Crippen LogP contribution in [-0.2, 0) is 20.8 Å². The molecule has 1 aromatic rings. The molecule has 0 saturated carbocycles. The molecule has 1 rings (SSSR count). The first-order chi connectivity index (χ1) is 6.72. The first kappa shape index (κ1) is 11.7. The maximum atomic E-state index is 5.46. The Labute approximate surface area is 88.6 Å². The first-order valence-corrected chi connectivity index (χ1v) is 5.47. The highest BCUT2D eigenvalue weighted by Crippen LogP contribution is 2.09. The lowest BCUT2D eigenvalue weighted by atomic mass is 10.4. The fourth-order valence-electron chi connectivity index (χ4n) is 0.953. The monoisotopic (exact) mass is 216 g/mol. The predicted octanol–water partition coefficient (Wildman–Crippen LogP) is 2.62. The number of hydrogen-bond acceptors (Lipinski definition) is 4. The maximum absolute atomic E-state index is 5.46. The fraction of sp³-hybridized carbons (Fsp3) is 0.600. The second-order valence-corrected chi connectivity index (χ2v) is 3.73. The summed E-state index contributed by atoms with van der Waals surface area (Å²) >= 11 is 1.66. The molecule has 0 aliphatic heterocycles. The van der Waals surface area contributed by atoms with Crippen molar-refractivity contribution >= 4 is 11.3 Å². The van der Waals surface area contributed by atoms with Crippen LogP contribution in [-0.4, -0.2) is 19.7 Å². The smallest absolute Gasteiger partial charge is 0.158 e. The Morgan fingerprint density at radius 1 is 1.36 bits per heavy atom. The van der Waals surface area contributed by atoms with Gasteiger partial charge in [0.25, 0.3) is 0 Å². The highest BCUT2D eigenvalue weighted by molar-refractivity contribution is 7.07. The second kappa shape index (κ2) is 6.14. The van der Waals surface area contributed by atoms with Crippen LogP contribution in [0.25, 0.3) is 0 Å². The average Bonchev–Trinajstić information content (AvgIpc) is 2.67. The minimum atomic E-state index is -0.246. The molecule has 80 valence electrons. The molecule has 1 aromatic heterocycles. The van der Waals surface area contributed by atoms with Crippen LogP contribution in [0.2, 0.25) is 0 Å². The minimum absolute atomic E-state index is 0.229. The van der Waals surface area contributed by atoms with Crippen LogP contribution in [0.4, 0.5) is 0 Å². The summed E-state index contributed by atoms with van der Waals surface area (Å²) in [6.45, 7) is 4.29. The molecule has 0 aliphatic rings. The van der Waals surface area contributed by atoms with Gasteiger partial charge in [-0.3, -0.25) is 0 Å². The van der Waals surface area contributed by atoms with E-state index in [1.807, 2.05) is 25.3 Å². The lowest BCUT2D eigenvalue weighted by Gasteiger charge is -2.17. The van der Waals surface area contributed by atoms with Crippen molar-refractivity contribution in [2.45, 2.75) is 33.0 Å². The maximum Gasteiger partial charge on any atom is 0.158 e. The molecule has 0 aliphatic carbocycles. The highest BCUT2D eigenvalue weighted by atomic mass is 32.1. The van der Waals surface area contributed by atoms with Crippen molar-refractivity contribution in [1.29, 1.82) is 0 Å². The molecule has 0 bridgehead atoms. The lowest BCUT2D eigenvalue weighted by molar-refractivity contribution is -0.226. The highest BCUT2D eigenvalue weighted by Gasteiger charge is 2.07. The Balaban J connectivity index is 2.18. The van der Waals surface area contributed by atoms with Gasteiger partial charge in [0.05, 0.1) is 6.61 Å². The molecule has 4 heteroatoms. The molecule has 0 spiro atoms. The second-order valence-electron chi connectivity index (χ2n) is 2.95. The molecule has 14 heavy (non-hydrogen) atoms. The molecule has 0 aromatic carbocycles. The molecule has 0 saturated heterocycles. The summed E-state index contributed by atoms with van der Waals surface area (Å²) < 4.78 is 15.8. The van der Waals surface area contributed by atoms with E-state index in [9.17, 15) is 0 Å². The average molecular weight is 216 g/mol. The van der Waals surface area contributed by atoms with Gasteiger partial charge in [-0.2, -0.15) is 11.3 Å². The van der Waals surface area contributed by atoms with Gasteiger partial charge in [-0.25, -0.2) is 0 Å². The van der Waals surface area contributed by atoms with Crippen molar-refractivity contribution in [3.8, 4) is 0 Å². The Morgan fingerprint density at radius 3 is 2.71 bits per heavy atom. The summed E-state index contributed by atoms with van der Waals surface area (Å²) in [5.74, 6) is 0. The number of rotatable bonds is 6. The Bertz CT molecular complexity index is 236. The molecule has 1 heterocycles. The molecule has 0 amide bonds. The van der Waals surface area contributed by atoms with Crippen molar-refractivity contribution in [2.75, 3.05) is 7.11 Å². The third kappa shape index (κ3) is 4.19. The van der Waals surface area contributed by atoms with E-state index in [0.717, 1.165) is 0 Å². The van der Waals surface area contributed by atoms with Crippen molar-refractivity contribution in [3.63, 3.8) is 0 Å². The number of methoxy groups -OCH3 is 1. The fourth-order valence-corrected chi connectivity index (χ4v) is 1.61. The SMILES string of the molecule is COC(C)OC(C)OCc1ccsc1. The van der Waals surface area contributed by atoms with Gasteiger partial charge in [-0.05, 0) is 36.2 Å². The standard InChI is InChI=1S/C10H16O3S/c1-8(11-3)13-9(2)12-6-10-4-5-14-7-10/h4-5,7-9H,6H2,1-3H3. The van der Waals surface area contributed by atoms with E-state index in [2.05, 4.69) is 5.38 Å². The zero-order valence-corrected chi connectivity index (χ0v) is 9.54. The molecule has 3 nitrogen and oxygen atoms in total. The molecule has 2 unspecified atom stereocenters. The quantitative estimate of drug-likeness (QED) is 0.684. The topological polar surface area (TPSA) is 27.7 Å². The van der Waals surface area contributed by atoms with Gasteiger partial charge >= 0.3 is 0 Å². The zero-order valence-electron chi connectivity index (χ0n) is 8.73. The van der Waals surface area contributed by atoms with Crippen LogP contribution in [0.3, 0.4) is 0 Å². The molecule has 0 fully saturated rings. The summed E-state index contributed by atoms with van der Waals surface area (Å²) in [5, 5.41) is 4.09. The van der Waals surface area contributed by atoms with Crippen LogP contribution >= 0.6 is 11.3 Å². The van der Waals surface area contributed by atoms with E-state index < -0.39 is 0 Å². The summed E-state index contributed by atoms with van der Waals surface area (Å²) in [4.78, 5) is 0. The van der Waals surface area contributed by atoms with Gasteiger partial charge in [0.1, 0.15) is 0 Å².